The topological polar surface area (TPSA) is 46.9 Å². The van der Waals surface area contributed by atoms with Crippen molar-refractivity contribution in [2.45, 2.75) is 6.54 Å². The lowest BCUT2D eigenvalue weighted by atomic mass is 9.96. The highest BCUT2D eigenvalue weighted by Gasteiger charge is 2.33. The molecule has 4 nitrogen and oxygen atoms in total. The maximum Gasteiger partial charge on any atom is 0.0558 e. The molecule has 1 saturated heterocycles. The van der Waals surface area contributed by atoms with E-state index in [1.54, 1.807) is 0 Å². The minimum Gasteiger partial charge on any atom is -0.396 e. The summed E-state index contributed by atoms with van der Waals surface area (Å²) in [7, 11) is 2.04. The molecule has 2 aromatic carbocycles. The van der Waals surface area contributed by atoms with Gasteiger partial charge in [-0.05, 0) is 35.6 Å². The molecule has 0 unspecified atom stereocenters. The molecule has 0 bridgehead atoms. The summed E-state index contributed by atoms with van der Waals surface area (Å²) in [5.41, 5.74) is 3.87. The Morgan fingerprint density at radius 1 is 0.962 bits per heavy atom. The average molecular weight is 354 g/mol. The number of likely N-dealkylation sites (N-methyl/N-ethyl adjacent to an activating group) is 1. The summed E-state index contributed by atoms with van der Waals surface area (Å²) in [4.78, 5) is 4.62. The number of rotatable bonds is 8. The molecular weight excluding hydrogens is 324 g/mol. The van der Waals surface area contributed by atoms with Crippen molar-refractivity contribution in [3.63, 3.8) is 0 Å². The molecule has 0 saturated carbocycles. The summed E-state index contributed by atoms with van der Waals surface area (Å²) in [6.45, 7) is 4.84. The molecule has 1 aliphatic heterocycles. The molecule has 2 N–H and O–H groups in total. The highest BCUT2D eigenvalue weighted by molar-refractivity contribution is 5.67. The Kier molecular flexibility index (Phi) is 6.80. The summed E-state index contributed by atoms with van der Waals surface area (Å²) in [5, 5.41) is 18.9. The minimum absolute atomic E-state index is 0.182. The van der Waals surface area contributed by atoms with Crippen molar-refractivity contribution in [1.82, 2.24) is 9.80 Å². The van der Waals surface area contributed by atoms with E-state index in [4.69, 9.17) is 5.11 Å². The van der Waals surface area contributed by atoms with Crippen LogP contribution in [0, 0.1) is 11.8 Å². The summed E-state index contributed by atoms with van der Waals surface area (Å²) >= 11 is 0. The first-order chi connectivity index (χ1) is 12.7. The molecule has 0 aromatic heterocycles. The van der Waals surface area contributed by atoms with Gasteiger partial charge >= 0.3 is 0 Å². The highest BCUT2D eigenvalue weighted by Crippen LogP contribution is 2.29. The molecule has 4 heteroatoms. The van der Waals surface area contributed by atoms with Crippen LogP contribution in [0.4, 0.5) is 0 Å². The number of hydrogen-bond donors (Lipinski definition) is 2. The van der Waals surface area contributed by atoms with Crippen LogP contribution >= 0.6 is 0 Å². The normalized spacial score (nSPS) is 20.8. The average Bonchev–Trinajstić information content (AvgIpc) is 3.04. The third-order valence-corrected chi connectivity index (χ3v) is 5.41. The van der Waals surface area contributed by atoms with Crippen molar-refractivity contribution in [3.05, 3.63) is 60.2 Å². The van der Waals surface area contributed by atoms with Gasteiger partial charge in [0.15, 0.2) is 0 Å². The first-order valence-electron chi connectivity index (χ1n) is 9.47. The Morgan fingerprint density at radius 3 is 2.38 bits per heavy atom. The van der Waals surface area contributed by atoms with E-state index < -0.39 is 0 Å². The predicted molar refractivity (Wildman–Crippen MR) is 106 cm³/mol. The van der Waals surface area contributed by atoms with Crippen molar-refractivity contribution in [3.8, 4) is 11.1 Å². The molecule has 0 aliphatic carbocycles. The quantitative estimate of drug-likeness (QED) is 0.764. The number of aliphatic hydroxyl groups excluding tert-OH is 2. The van der Waals surface area contributed by atoms with Crippen molar-refractivity contribution < 1.29 is 10.2 Å². The number of aliphatic hydroxyl groups is 2. The van der Waals surface area contributed by atoms with Crippen molar-refractivity contribution >= 4 is 0 Å². The van der Waals surface area contributed by atoms with Crippen LogP contribution in [0.15, 0.2) is 54.6 Å². The Hall–Kier alpha value is -1.72. The zero-order valence-electron chi connectivity index (χ0n) is 15.6. The lowest BCUT2D eigenvalue weighted by molar-refractivity contribution is 0.160. The fourth-order valence-electron chi connectivity index (χ4n) is 4.04. The van der Waals surface area contributed by atoms with Gasteiger partial charge in [0.1, 0.15) is 0 Å². The van der Waals surface area contributed by atoms with Gasteiger partial charge in [0.25, 0.3) is 0 Å². The van der Waals surface area contributed by atoms with Gasteiger partial charge in [-0.25, -0.2) is 0 Å². The zero-order valence-corrected chi connectivity index (χ0v) is 15.6. The highest BCUT2D eigenvalue weighted by atomic mass is 16.3. The molecule has 2 aromatic rings. The van der Waals surface area contributed by atoms with E-state index in [2.05, 4.69) is 58.3 Å². The maximum atomic E-state index is 9.80. The first-order valence-corrected chi connectivity index (χ1v) is 9.47. The van der Waals surface area contributed by atoms with Gasteiger partial charge < -0.3 is 15.1 Å². The lowest BCUT2D eigenvalue weighted by Crippen LogP contribution is -2.32. The van der Waals surface area contributed by atoms with Crippen LogP contribution in [0.25, 0.3) is 11.1 Å². The van der Waals surface area contributed by atoms with E-state index in [9.17, 15) is 5.11 Å². The summed E-state index contributed by atoms with van der Waals surface area (Å²) in [5.74, 6) is 0.750. The van der Waals surface area contributed by atoms with E-state index in [-0.39, 0.29) is 13.2 Å². The SMILES string of the molecule is CN(CCO)C[C@@H]1CN(Cc2ccccc2-c2ccccc2)C[C@@H]1CO. The number of benzene rings is 2. The van der Waals surface area contributed by atoms with Crippen LogP contribution in [0.1, 0.15) is 5.56 Å². The van der Waals surface area contributed by atoms with Gasteiger partial charge in [-0.1, -0.05) is 54.6 Å². The molecule has 1 aliphatic rings. The molecule has 1 fully saturated rings. The number of nitrogens with zero attached hydrogens (tertiary/aromatic N) is 2. The van der Waals surface area contributed by atoms with E-state index in [0.717, 1.165) is 26.2 Å². The predicted octanol–water partition coefficient (Wildman–Crippen LogP) is 2.32. The van der Waals surface area contributed by atoms with Crippen LogP contribution in [-0.4, -0.2) is 66.5 Å². The second-order valence-corrected chi connectivity index (χ2v) is 7.41. The van der Waals surface area contributed by atoms with Crippen LogP contribution in [0.2, 0.25) is 0 Å². The molecule has 0 amide bonds. The van der Waals surface area contributed by atoms with E-state index in [0.29, 0.717) is 18.4 Å². The van der Waals surface area contributed by atoms with E-state index in [1.165, 1.54) is 16.7 Å². The van der Waals surface area contributed by atoms with E-state index >= 15 is 0 Å². The second-order valence-electron chi connectivity index (χ2n) is 7.41. The lowest BCUT2D eigenvalue weighted by Gasteiger charge is -2.23. The van der Waals surface area contributed by atoms with Gasteiger partial charge in [-0.3, -0.25) is 4.90 Å². The van der Waals surface area contributed by atoms with Crippen LogP contribution in [-0.2, 0) is 6.54 Å². The third-order valence-electron chi connectivity index (χ3n) is 5.41. The summed E-state index contributed by atoms with van der Waals surface area (Å²) in [6, 6.07) is 19.1. The van der Waals surface area contributed by atoms with Crippen LogP contribution in [0.5, 0.6) is 0 Å². The summed E-state index contributed by atoms with van der Waals surface area (Å²) in [6.07, 6.45) is 0. The van der Waals surface area contributed by atoms with Gasteiger partial charge in [0, 0.05) is 39.3 Å². The summed E-state index contributed by atoms with van der Waals surface area (Å²) < 4.78 is 0. The number of likely N-dealkylation sites (tertiary alicyclic amines) is 1. The molecule has 3 rings (SSSR count). The van der Waals surface area contributed by atoms with Crippen molar-refractivity contribution in [1.29, 1.82) is 0 Å². The first kappa shape index (κ1) is 19.1. The van der Waals surface area contributed by atoms with Gasteiger partial charge in [-0.15, -0.1) is 0 Å². The Bertz CT molecular complexity index is 677. The number of hydrogen-bond acceptors (Lipinski definition) is 4. The third kappa shape index (κ3) is 4.71. The molecule has 0 spiro atoms. The standard InChI is InChI=1S/C22H30N2O2/c1-23(11-12-25)13-20-15-24(16-21(20)17-26)14-19-9-5-6-10-22(19)18-7-3-2-4-8-18/h2-10,20-21,25-26H,11-17H2,1H3/t20-,21-/m1/s1. The van der Waals surface area contributed by atoms with Gasteiger partial charge in [0.05, 0.1) is 6.61 Å². The van der Waals surface area contributed by atoms with Crippen molar-refractivity contribution in [2.24, 2.45) is 11.8 Å². The Labute approximate surface area is 156 Å². The largest absolute Gasteiger partial charge is 0.396 e. The molecule has 1 heterocycles. The minimum atomic E-state index is 0.182. The molecule has 26 heavy (non-hydrogen) atoms. The fraction of sp³-hybridized carbons (Fsp3) is 0.455. The molecule has 0 radical (unpaired) electrons. The molecule has 140 valence electrons. The van der Waals surface area contributed by atoms with Gasteiger partial charge in [-0.2, -0.15) is 0 Å². The fourth-order valence-corrected chi connectivity index (χ4v) is 4.04. The van der Waals surface area contributed by atoms with Crippen molar-refractivity contribution in [2.75, 3.05) is 46.4 Å². The second kappa shape index (κ2) is 9.28. The monoisotopic (exact) mass is 354 g/mol. The van der Waals surface area contributed by atoms with Crippen LogP contribution < -0.4 is 0 Å². The zero-order chi connectivity index (χ0) is 18.4. The van der Waals surface area contributed by atoms with E-state index in [1.807, 2.05) is 13.1 Å². The Balaban J connectivity index is 1.70. The maximum absolute atomic E-state index is 9.80. The van der Waals surface area contributed by atoms with Gasteiger partial charge in [0.2, 0.25) is 0 Å². The molecule has 2 atom stereocenters. The molecular formula is C22H30N2O2. The smallest absolute Gasteiger partial charge is 0.0558 e. The van der Waals surface area contributed by atoms with Crippen LogP contribution in [0.3, 0.4) is 0 Å². The Morgan fingerprint density at radius 2 is 1.65 bits per heavy atom.